The van der Waals surface area contributed by atoms with Crippen molar-refractivity contribution in [2.75, 3.05) is 5.73 Å². The minimum absolute atomic E-state index is 0.0708. The molecule has 0 fully saturated rings. The molecule has 0 unspecified atom stereocenters. The quantitative estimate of drug-likeness (QED) is 0.667. The number of halogens is 3. The first kappa shape index (κ1) is 13.1. The van der Waals surface area contributed by atoms with Crippen LogP contribution in [-0.2, 0) is 6.18 Å². The van der Waals surface area contributed by atoms with Gasteiger partial charge in [-0.05, 0) is 18.2 Å². The lowest BCUT2D eigenvalue weighted by molar-refractivity contribution is -0.137. The van der Waals surface area contributed by atoms with Crippen LogP contribution in [-0.4, -0.2) is 5.78 Å². The fourth-order valence-electron chi connectivity index (χ4n) is 1.70. The van der Waals surface area contributed by atoms with Crippen LogP contribution in [0.1, 0.15) is 21.5 Å². The summed E-state index contributed by atoms with van der Waals surface area (Å²) < 4.78 is 37.9. The molecule has 0 saturated heterocycles. The van der Waals surface area contributed by atoms with Gasteiger partial charge < -0.3 is 5.73 Å². The number of nitrogens with two attached hydrogens (primary N) is 1. The van der Waals surface area contributed by atoms with Gasteiger partial charge in [0, 0.05) is 16.8 Å². The van der Waals surface area contributed by atoms with Gasteiger partial charge in [0.15, 0.2) is 5.78 Å². The van der Waals surface area contributed by atoms with Gasteiger partial charge in [-0.3, -0.25) is 4.79 Å². The van der Waals surface area contributed by atoms with E-state index in [4.69, 9.17) is 5.73 Å². The molecule has 2 aromatic rings. The third-order valence-corrected chi connectivity index (χ3v) is 2.58. The number of carbonyl (C=O) groups is 1. The smallest absolute Gasteiger partial charge is 0.399 e. The lowest BCUT2D eigenvalue weighted by atomic mass is 10.0. The predicted octanol–water partition coefficient (Wildman–Crippen LogP) is 3.52. The third-order valence-electron chi connectivity index (χ3n) is 2.58. The van der Waals surface area contributed by atoms with Crippen LogP contribution in [0.15, 0.2) is 48.5 Å². The van der Waals surface area contributed by atoms with E-state index in [9.17, 15) is 18.0 Å². The molecule has 0 bridgehead atoms. The summed E-state index contributed by atoms with van der Waals surface area (Å²) in [6.45, 7) is 0. The first-order valence-corrected chi connectivity index (χ1v) is 5.45. The van der Waals surface area contributed by atoms with Crippen molar-refractivity contribution < 1.29 is 18.0 Å². The molecule has 2 nitrogen and oxygen atoms in total. The Bertz CT molecular complexity index is 606. The summed E-state index contributed by atoms with van der Waals surface area (Å²) in [7, 11) is 0. The molecule has 0 saturated carbocycles. The third kappa shape index (κ3) is 2.93. The molecule has 0 aliphatic rings. The van der Waals surface area contributed by atoms with Crippen molar-refractivity contribution in [3.63, 3.8) is 0 Å². The summed E-state index contributed by atoms with van der Waals surface area (Å²) in [5.41, 5.74) is 4.66. The molecule has 0 spiro atoms. The molecule has 2 N–H and O–H groups in total. The number of ketones is 1. The van der Waals surface area contributed by atoms with Gasteiger partial charge in [-0.2, -0.15) is 13.2 Å². The van der Waals surface area contributed by atoms with E-state index >= 15 is 0 Å². The van der Waals surface area contributed by atoms with E-state index in [0.717, 1.165) is 12.1 Å². The first-order chi connectivity index (χ1) is 8.88. The maximum atomic E-state index is 12.6. The number of hydrogen-bond donors (Lipinski definition) is 1. The van der Waals surface area contributed by atoms with Crippen LogP contribution >= 0.6 is 0 Å². The van der Waals surface area contributed by atoms with Gasteiger partial charge in [0.05, 0.1) is 5.56 Å². The average molecular weight is 265 g/mol. The Kier molecular flexibility index (Phi) is 3.29. The Morgan fingerprint density at radius 2 is 1.58 bits per heavy atom. The maximum Gasteiger partial charge on any atom is 0.416 e. The second-order valence-corrected chi connectivity index (χ2v) is 4.04. The Balaban J connectivity index is 2.46. The van der Waals surface area contributed by atoms with E-state index in [1.165, 1.54) is 6.07 Å². The van der Waals surface area contributed by atoms with E-state index in [0.29, 0.717) is 5.56 Å². The number of benzene rings is 2. The Hall–Kier alpha value is -2.30. The number of hydrogen-bond acceptors (Lipinski definition) is 2. The molecule has 0 aromatic heterocycles. The van der Waals surface area contributed by atoms with Crippen LogP contribution in [0.3, 0.4) is 0 Å². The topological polar surface area (TPSA) is 43.1 Å². The first-order valence-electron chi connectivity index (χ1n) is 5.45. The van der Waals surface area contributed by atoms with Gasteiger partial charge >= 0.3 is 6.18 Å². The van der Waals surface area contributed by atoms with Gasteiger partial charge in [0.2, 0.25) is 0 Å². The van der Waals surface area contributed by atoms with Crippen molar-refractivity contribution in [1.29, 1.82) is 0 Å². The number of alkyl halides is 3. The van der Waals surface area contributed by atoms with E-state index in [-0.39, 0.29) is 11.3 Å². The lowest BCUT2D eigenvalue weighted by Crippen LogP contribution is -2.09. The minimum Gasteiger partial charge on any atom is -0.399 e. The molecular formula is C14H10F3NO. The zero-order valence-electron chi connectivity index (χ0n) is 9.74. The van der Waals surface area contributed by atoms with E-state index in [1.54, 1.807) is 30.3 Å². The molecule has 98 valence electrons. The minimum atomic E-state index is -4.53. The number of rotatable bonds is 2. The Morgan fingerprint density at radius 1 is 0.947 bits per heavy atom. The molecule has 0 aliphatic heterocycles. The highest BCUT2D eigenvalue weighted by Crippen LogP contribution is 2.31. The van der Waals surface area contributed by atoms with Gasteiger partial charge in [0.1, 0.15) is 0 Å². The molecule has 0 radical (unpaired) electrons. The highest BCUT2D eigenvalue weighted by molar-refractivity contribution is 6.09. The molecule has 5 heteroatoms. The predicted molar refractivity (Wildman–Crippen MR) is 65.7 cm³/mol. The van der Waals surface area contributed by atoms with Gasteiger partial charge in [-0.25, -0.2) is 0 Å². The van der Waals surface area contributed by atoms with Crippen molar-refractivity contribution in [3.05, 3.63) is 65.2 Å². The summed E-state index contributed by atoms with van der Waals surface area (Å²) in [5.74, 6) is -0.488. The Morgan fingerprint density at radius 3 is 2.16 bits per heavy atom. The largest absolute Gasteiger partial charge is 0.416 e. The van der Waals surface area contributed by atoms with Crippen LogP contribution in [0.25, 0.3) is 0 Å². The zero-order chi connectivity index (χ0) is 14.0. The van der Waals surface area contributed by atoms with Crippen LogP contribution in [0.2, 0.25) is 0 Å². The van der Waals surface area contributed by atoms with Crippen molar-refractivity contribution in [1.82, 2.24) is 0 Å². The van der Waals surface area contributed by atoms with Crippen LogP contribution in [0.4, 0.5) is 18.9 Å². The monoisotopic (exact) mass is 265 g/mol. The second kappa shape index (κ2) is 4.76. The molecule has 2 aromatic carbocycles. The fourth-order valence-corrected chi connectivity index (χ4v) is 1.70. The number of anilines is 1. The van der Waals surface area contributed by atoms with Crippen LogP contribution < -0.4 is 5.73 Å². The van der Waals surface area contributed by atoms with E-state index in [1.807, 2.05) is 0 Å². The molecule has 19 heavy (non-hydrogen) atoms. The summed E-state index contributed by atoms with van der Waals surface area (Å²) in [5, 5.41) is 0. The van der Waals surface area contributed by atoms with Crippen molar-refractivity contribution in [2.24, 2.45) is 0 Å². The van der Waals surface area contributed by atoms with Gasteiger partial charge in [-0.15, -0.1) is 0 Å². The van der Waals surface area contributed by atoms with Crippen LogP contribution in [0, 0.1) is 0 Å². The SMILES string of the molecule is Nc1cc(C(=O)c2ccccc2)cc(C(F)(F)F)c1. The highest BCUT2D eigenvalue weighted by atomic mass is 19.4. The Labute approximate surface area is 107 Å². The average Bonchev–Trinajstić information content (AvgIpc) is 2.37. The maximum absolute atomic E-state index is 12.6. The molecular weight excluding hydrogens is 255 g/mol. The molecule has 0 amide bonds. The van der Waals surface area contributed by atoms with Gasteiger partial charge in [0.25, 0.3) is 0 Å². The van der Waals surface area contributed by atoms with Crippen molar-refractivity contribution in [3.8, 4) is 0 Å². The summed E-state index contributed by atoms with van der Waals surface area (Å²) >= 11 is 0. The lowest BCUT2D eigenvalue weighted by Gasteiger charge is -2.10. The van der Waals surface area contributed by atoms with Crippen LogP contribution in [0.5, 0.6) is 0 Å². The number of nitrogen functional groups attached to an aromatic ring is 1. The van der Waals surface area contributed by atoms with Gasteiger partial charge in [-0.1, -0.05) is 30.3 Å². The normalized spacial score (nSPS) is 11.3. The fraction of sp³-hybridized carbons (Fsp3) is 0.0714. The standard InChI is InChI=1S/C14H10F3NO/c15-14(16,17)11-6-10(7-12(18)8-11)13(19)9-4-2-1-3-5-9/h1-8H,18H2. The summed E-state index contributed by atoms with van der Waals surface area (Å²) in [6, 6.07) is 10.9. The molecule has 0 aliphatic carbocycles. The zero-order valence-corrected chi connectivity index (χ0v) is 9.74. The summed E-state index contributed by atoms with van der Waals surface area (Å²) in [4.78, 5) is 12.1. The van der Waals surface area contributed by atoms with E-state index < -0.39 is 17.5 Å². The number of carbonyl (C=O) groups excluding carboxylic acids is 1. The molecule has 0 heterocycles. The summed E-state index contributed by atoms with van der Waals surface area (Å²) in [6.07, 6.45) is -4.53. The molecule has 0 atom stereocenters. The highest BCUT2D eigenvalue weighted by Gasteiger charge is 2.31. The van der Waals surface area contributed by atoms with E-state index in [2.05, 4.69) is 0 Å². The molecule has 2 rings (SSSR count). The van der Waals surface area contributed by atoms with Crippen molar-refractivity contribution >= 4 is 11.5 Å². The van der Waals surface area contributed by atoms with Crippen molar-refractivity contribution in [2.45, 2.75) is 6.18 Å². The second-order valence-electron chi connectivity index (χ2n) is 4.04.